The maximum absolute atomic E-state index is 10.5. The Morgan fingerprint density at radius 2 is 2.58 bits per heavy atom. The predicted molar refractivity (Wildman–Crippen MR) is 46.5 cm³/mol. The molecule has 2 atom stereocenters. The van der Waals surface area contributed by atoms with E-state index in [-0.39, 0.29) is 6.10 Å². The lowest BCUT2D eigenvalue weighted by molar-refractivity contribution is -0.127. The summed E-state index contributed by atoms with van der Waals surface area (Å²) in [5, 5.41) is 0. The lowest BCUT2D eigenvalue weighted by Gasteiger charge is -2.33. The molecule has 0 aromatic rings. The van der Waals surface area contributed by atoms with Gasteiger partial charge in [0.15, 0.2) is 0 Å². The topological polar surface area (TPSA) is 29.5 Å². The van der Waals surface area contributed by atoms with Crippen LogP contribution in [0.15, 0.2) is 0 Å². The molecule has 1 fully saturated rings. The molecule has 3 nitrogen and oxygen atoms in total. The third-order valence-electron chi connectivity index (χ3n) is 2.36. The molecule has 1 radical (unpaired) electrons. The highest BCUT2D eigenvalue weighted by Gasteiger charge is 2.23. The van der Waals surface area contributed by atoms with E-state index in [0.717, 1.165) is 25.9 Å². The molecule has 0 aromatic carbocycles. The average Bonchev–Trinajstić information content (AvgIpc) is 2.17. The number of ether oxygens (including phenoxy) is 1. The van der Waals surface area contributed by atoms with E-state index in [1.165, 1.54) is 0 Å². The summed E-state index contributed by atoms with van der Waals surface area (Å²) in [4.78, 5) is 12.2. The predicted octanol–water partition coefficient (Wildman–Crippen LogP) is 0.704. The summed E-state index contributed by atoms with van der Waals surface area (Å²) in [6.07, 6.45) is 1.93. The normalized spacial score (nSPS) is 26.8. The van der Waals surface area contributed by atoms with Gasteiger partial charge in [-0.25, -0.2) is 0 Å². The fourth-order valence-electron chi connectivity index (χ4n) is 1.32. The highest BCUT2D eigenvalue weighted by molar-refractivity contribution is 5.47. The lowest BCUT2D eigenvalue weighted by Crippen LogP contribution is -2.44. The number of morpholine rings is 1. The largest absolute Gasteiger partial charge is 0.374 e. The maximum atomic E-state index is 10.5. The van der Waals surface area contributed by atoms with Gasteiger partial charge in [0.05, 0.1) is 12.7 Å². The lowest BCUT2D eigenvalue weighted by atomic mass is 10.0. The van der Waals surface area contributed by atoms with E-state index in [0.29, 0.717) is 12.5 Å². The van der Waals surface area contributed by atoms with Crippen LogP contribution in [0.4, 0.5) is 0 Å². The van der Waals surface area contributed by atoms with Gasteiger partial charge in [0, 0.05) is 13.1 Å². The number of hydrogen-bond donors (Lipinski definition) is 0. The van der Waals surface area contributed by atoms with Gasteiger partial charge >= 0.3 is 0 Å². The van der Waals surface area contributed by atoms with Crippen molar-refractivity contribution < 1.29 is 9.53 Å². The molecule has 12 heavy (non-hydrogen) atoms. The van der Waals surface area contributed by atoms with Gasteiger partial charge in [-0.2, -0.15) is 0 Å². The molecular weight excluding hydrogens is 154 g/mol. The van der Waals surface area contributed by atoms with Crippen LogP contribution in [0.5, 0.6) is 0 Å². The molecule has 1 heterocycles. The van der Waals surface area contributed by atoms with Crippen molar-refractivity contribution in [2.45, 2.75) is 19.4 Å². The molecule has 1 amide bonds. The Labute approximate surface area is 73.7 Å². The van der Waals surface area contributed by atoms with Crippen LogP contribution < -0.4 is 0 Å². The van der Waals surface area contributed by atoms with Gasteiger partial charge in [0.25, 0.3) is 0 Å². The third kappa shape index (κ3) is 2.21. The zero-order valence-electron chi connectivity index (χ0n) is 7.53. The Bertz CT molecular complexity index is 149. The second-order valence-corrected chi connectivity index (χ2v) is 3.28. The monoisotopic (exact) mass is 170 g/mol. The van der Waals surface area contributed by atoms with E-state index in [4.69, 9.17) is 4.74 Å². The molecule has 1 rings (SSSR count). The first kappa shape index (κ1) is 9.52. The highest BCUT2D eigenvalue weighted by Crippen LogP contribution is 2.15. The minimum absolute atomic E-state index is 0.182. The molecule has 2 unspecified atom stereocenters. The summed E-state index contributed by atoms with van der Waals surface area (Å²) in [6, 6.07) is 0. The van der Waals surface area contributed by atoms with Crippen LogP contribution in [-0.2, 0) is 9.53 Å². The van der Waals surface area contributed by atoms with Gasteiger partial charge < -0.3 is 9.64 Å². The second kappa shape index (κ2) is 4.45. The molecule has 1 aliphatic heterocycles. The van der Waals surface area contributed by atoms with Crippen LogP contribution in [0, 0.1) is 12.8 Å². The van der Waals surface area contributed by atoms with Crippen LogP contribution in [0.2, 0.25) is 0 Å². The van der Waals surface area contributed by atoms with Gasteiger partial charge in [-0.3, -0.25) is 4.79 Å². The molecule has 0 aromatic heterocycles. The number of rotatable bonds is 3. The van der Waals surface area contributed by atoms with Crippen LogP contribution in [0.1, 0.15) is 13.3 Å². The van der Waals surface area contributed by atoms with Crippen molar-refractivity contribution in [1.29, 1.82) is 0 Å². The summed E-state index contributed by atoms with van der Waals surface area (Å²) in [6.45, 7) is 8.04. The van der Waals surface area contributed by atoms with Crippen molar-refractivity contribution in [2.75, 3.05) is 19.7 Å². The Morgan fingerprint density at radius 3 is 3.17 bits per heavy atom. The Hall–Kier alpha value is -0.570. The smallest absolute Gasteiger partial charge is 0.209 e. The summed E-state index contributed by atoms with van der Waals surface area (Å²) in [7, 11) is 0. The summed E-state index contributed by atoms with van der Waals surface area (Å²) in [5.41, 5.74) is 0. The molecule has 0 spiro atoms. The minimum Gasteiger partial charge on any atom is -0.374 e. The van der Waals surface area contributed by atoms with E-state index < -0.39 is 0 Å². The average molecular weight is 170 g/mol. The molecule has 1 saturated heterocycles. The zero-order valence-corrected chi connectivity index (χ0v) is 7.53. The van der Waals surface area contributed by atoms with Gasteiger partial charge in [0.1, 0.15) is 0 Å². The summed E-state index contributed by atoms with van der Waals surface area (Å²) in [5.74, 6) is 0.438. The highest BCUT2D eigenvalue weighted by atomic mass is 16.5. The Balaban J connectivity index is 2.39. The van der Waals surface area contributed by atoms with Crippen molar-refractivity contribution in [1.82, 2.24) is 4.90 Å². The summed E-state index contributed by atoms with van der Waals surface area (Å²) < 4.78 is 5.52. The first-order valence-corrected chi connectivity index (χ1v) is 4.38. The standard InChI is InChI=1S/C9H16NO2/c1-3-8(2)9-6-10(7-11)4-5-12-9/h7-9H,1,3-6H2,2H3. The van der Waals surface area contributed by atoms with E-state index >= 15 is 0 Å². The quantitative estimate of drug-likeness (QED) is 0.584. The number of amides is 1. The fraction of sp³-hybridized carbons (Fsp3) is 0.778. The number of nitrogens with zero attached hydrogens (tertiary/aromatic N) is 1. The van der Waals surface area contributed by atoms with E-state index in [2.05, 4.69) is 13.8 Å². The van der Waals surface area contributed by atoms with Gasteiger partial charge in [-0.05, 0) is 12.3 Å². The van der Waals surface area contributed by atoms with Crippen LogP contribution >= 0.6 is 0 Å². The SMILES string of the molecule is [CH2]CC(C)C1CN(C=O)CCO1. The molecule has 3 heteroatoms. The third-order valence-corrected chi connectivity index (χ3v) is 2.36. The minimum atomic E-state index is 0.182. The maximum Gasteiger partial charge on any atom is 0.209 e. The van der Waals surface area contributed by atoms with Crippen molar-refractivity contribution in [3.05, 3.63) is 6.92 Å². The van der Waals surface area contributed by atoms with Gasteiger partial charge in [-0.1, -0.05) is 13.8 Å². The van der Waals surface area contributed by atoms with Crippen molar-refractivity contribution in [2.24, 2.45) is 5.92 Å². The second-order valence-electron chi connectivity index (χ2n) is 3.28. The molecule has 0 N–H and O–H groups in total. The fourth-order valence-corrected chi connectivity index (χ4v) is 1.32. The van der Waals surface area contributed by atoms with E-state index in [1.807, 2.05) is 0 Å². The van der Waals surface area contributed by atoms with Gasteiger partial charge in [0.2, 0.25) is 6.41 Å². The molecule has 0 aliphatic carbocycles. The van der Waals surface area contributed by atoms with Crippen molar-refractivity contribution >= 4 is 6.41 Å². The molecule has 1 aliphatic rings. The van der Waals surface area contributed by atoms with E-state index in [1.54, 1.807) is 4.90 Å². The molecule has 69 valence electrons. The Kier molecular flexibility index (Phi) is 3.53. The van der Waals surface area contributed by atoms with Crippen LogP contribution in [0.3, 0.4) is 0 Å². The summed E-state index contributed by atoms with van der Waals surface area (Å²) >= 11 is 0. The number of carbonyl (C=O) groups excluding carboxylic acids is 1. The zero-order chi connectivity index (χ0) is 8.97. The molecule has 0 bridgehead atoms. The number of carbonyl (C=O) groups is 1. The van der Waals surface area contributed by atoms with Crippen molar-refractivity contribution in [3.63, 3.8) is 0 Å². The van der Waals surface area contributed by atoms with Crippen LogP contribution in [0.25, 0.3) is 0 Å². The van der Waals surface area contributed by atoms with E-state index in [9.17, 15) is 4.79 Å². The molecular formula is C9H16NO2. The first-order chi connectivity index (χ1) is 5.77. The molecule has 0 saturated carbocycles. The van der Waals surface area contributed by atoms with Gasteiger partial charge in [-0.15, -0.1) is 0 Å². The van der Waals surface area contributed by atoms with Crippen molar-refractivity contribution in [3.8, 4) is 0 Å². The number of hydrogen-bond acceptors (Lipinski definition) is 2. The van der Waals surface area contributed by atoms with Crippen LogP contribution in [-0.4, -0.2) is 37.1 Å². The Morgan fingerprint density at radius 1 is 1.83 bits per heavy atom. The first-order valence-electron chi connectivity index (χ1n) is 4.38.